The minimum Gasteiger partial charge on any atom is -0.396 e. The minimum atomic E-state index is 0.203. The second-order valence-corrected chi connectivity index (χ2v) is 6.06. The van der Waals surface area contributed by atoms with Crippen LogP contribution in [0.15, 0.2) is 24.3 Å². The van der Waals surface area contributed by atoms with Crippen molar-refractivity contribution in [3.63, 3.8) is 0 Å². The maximum Gasteiger partial charge on any atom is 0.165 e. The lowest BCUT2D eigenvalue weighted by atomic mass is 10.0. The fourth-order valence-corrected chi connectivity index (χ4v) is 3.02. The number of aliphatic hydroxyl groups is 1. The van der Waals surface area contributed by atoms with Crippen molar-refractivity contribution in [1.82, 2.24) is 19.5 Å². The van der Waals surface area contributed by atoms with Gasteiger partial charge in [0.25, 0.3) is 0 Å². The first-order chi connectivity index (χ1) is 10.3. The van der Waals surface area contributed by atoms with Gasteiger partial charge in [-0.1, -0.05) is 11.6 Å². The van der Waals surface area contributed by atoms with Gasteiger partial charge in [-0.15, -0.1) is 0 Å². The highest BCUT2D eigenvalue weighted by atomic mass is 16.3. The van der Waals surface area contributed by atoms with Crippen molar-refractivity contribution in [2.24, 2.45) is 5.92 Å². The summed E-state index contributed by atoms with van der Waals surface area (Å²) in [6.45, 7) is 2.28. The maximum absolute atomic E-state index is 9.41. The molecule has 4 rings (SSSR count). The number of aromatic nitrogens is 4. The Morgan fingerprint density at radius 3 is 2.90 bits per heavy atom. The SMILES string of the molecule is CC1=C[C@H](n2cnc3c(NC4CC4)ncnc32)C[C@@H]1CO. The van der Waals surface area contributed by atoms with Crippen molar-refractivity contribution in [3.8, 4) is 0 Å². The fourth-order valence-electron chi connectivity index (χ4n) is 3.02. The zero-order valence-corrected chi connectivity index (χ0v) is 12.0. The molecular formula is C15H19N5O. The largest absolute Gasteiger partial charge is 0.396 e. The highest BCUT2D eigenvalue weighted by molar-refractivity contribution is 5.83. The summed E-state index contributed by atoms with van der Waals surface area (Å²) in [5.41, 5.74) is 2.94. The van der Waals surface area contributed by atoms with E-state index in [4.69, 9.17) is 0 Å². The quantitative estimate of drug-likeness (QED) is 0.839. The second-order valence-electron chi connectivity index (χ2n) is 6.06. The molecule has 0 aliphatic heterocycles. The number of hydrogen-bond acceptors (Lipinski definition) is 5. The van der Waals surface area contributed by atoms with Crippen LogP contribution in [0.25, 0.3) is 11.2 Å². The number of anilines is 1. The van der Waals surface area contributed by atoms with Crippen LogP contribution in [-0.2, 0) is 0 Å². The monoisotopic (exact) mass is 285 g/mol. The summed E-state index contributed by atoms with van der Waals surface area (Å²) < 4.78 is 2.09. The van der Waals surface area contributed by atoms with Crippen LogP contribution in [0.1, 0.15) is 32.2 Å². The molecule has 2 aliphatic rings. The number of nitrogens with one attached hydrogen (secondary N) is 1. The highest BCUT2D eigenvalue weighted by Crippen LogP contribution is 2.35. The van der Waals surface area contributed by atoms with Crippen molar-refractivity contribution in [3.05, 3.63) is 24.3 Å². The van der Waals surface area contributed by atoms with E-state index in [9.17, 15) is 5.11 Å². The van der Waals surface area contributed by atoms with E-state index in [0.717, 1.165) is 23.4 Å². The van der Waals surface area contributed by atoms with Crippen molar-refractivity contribution >= 4 is 17.0 Å². The van der Waals surface area contributed by atoms with Crippen LogP contribution in [0.3, 0.4) is 0 Å². The third kappa shape index (κ3) is 2.19. The average Bonchev–Trinajstić information content (AvgIpc) is 3.06. The molecule has 6 heteroatoms. The van der Waals surface area contributed by atoms with E-state index in [-0.39, 0.29) is 18.6 Å². The van der Waals surface area contributed by atoms with Gasteiger partial charge in [0, 0.05) is 18.6 Å². The lowest BCUT2D eigenvalue weighted by Crippen LogP contribution is -2.09. The van der Waals surface area contributed by atoms with E-state index in [1.54, 1.807) is 6.33 Å². The smallest absolute Gasteiger partial charge is 0.165 e. The lowest BCUT2D eigenvalue weighted by Gasteiger charge is -2.13. The van der Waals surface area contributed by atoms with Crippen LogP contribution in [0, 0.1) is 5.92 Å². The number of allylic oxidation sites excluding steroid dienone is 1. The predicted octanol–water partition coefficient (Wildman–Crippen LogP) is 1.90. The van der Waals surface area contributed by atoms with Gasteiger partial charge in [-0.2, -0.15) is 0 Å². The van der Waals surface area contributed by atoms with Gasteiger partial charge in [0.1, 0.15) is 11.8 Å². The van der Waals surface area contributed by atoms with Crippen LogP contribution in [0.5, 0.6) is 0 Å². The van der Waals surface area contributed by atoms with E-state index in [0.29, 0.717) is 6.04 Å². The molecule has 0 spiro atoms. The Labute approximate surface area is 122 Å². The zero-order chi connectivity index (χ0) is 14.4. The van der Waals surface area contributed by atoms with Gasteiger partial charge in [0.05, 0.1) is 12.4 Å². The average molecular weight is 285 g/mol. The van der Waals surface area contributed by atoms with E-state index < -0.39 is 0 Å². The minimum absolute atomic E-state index is 0.203. The molecule has 2 aromatic rings. The molecular weight excluding hydrogens is 266 g/mol. The Hall–Kier alpha value is -1.95. The van der Waals surface area contributed by atoms with Crippen molar-refractivity contribution in [1.29, 1.82) is 0 Å². The molecule has 1 fully saturated rings. The Morgan fingerprint density at radius 2 is 2.19 bits per heavy atom. The molecule has 6 nitrogen and oxygen atoms in total. The molecule has 0 bridgehead atoms. The molecule has 0 radical (unpaired) electrons. The van der Waals surface area contributed by atoms with Crippen LogP contribution in [0.4, 0.5) is 5.82 Å². The zero-order valence-electron chi connectivity index (χ0n) is 12.0. The molecule has 21 heavy (non-hydrogen) atoms. The first-order valence-corrected chi connectivity index (χ1v) is 7.49. The number of hydrogen-bond donors (Lipinski definition) is 2. The summed E-state index contributed by atoms with van der Waals surface area (Å²) in [5.74, 6) is 1.08. The summed E-state index contributed by atoms with van der Waals surface area (Å²) in [5, 5.41) is 12.8. The van der Waals surface area contributed by atoms with E-state index in [1.807, 2.05) is 6.33 Å². The van der Waals surface area contributed by atoms with E-state index in [1.165, 1.54) is 18.4 Å². The normalized spacial score (nSPS) is 25.3. The van der Waals surface area contributed by atoms with Crippen LogP contribution < -0.4 is 5.32 Å². The molecule has 2 aromatic heterocycles. The van der Waals surface area contributed by atoms with E-state index in [2.05, 4.69) is 37.8 Å². The number of nitrogens with zero attached hydrogens (tertiary/aromatic N) is 4. The fraction of sp³-hybridized carbons (Fsp3) is 0.533. The highest BCUT2D eigenvalue weighted by Gasteiger charge is 2.27. The van der Waals surface area contributed by atoms with Gasteiger partial charge in [-0.05, 0) is 26.2 Å². The molecule has 2 heterocycles. The first kappa shape index (κ1) is 12.8. The summed E-state index contributed by atoms with van der Waals surface area (Å²) in [4.78, 5) is 13.2. The van der Waals surface area contributed by atoms with Crippen molar-refractivity contribution in [2.45, 2.75) is 38.3 Å². The molecule has 0 amide bonds. The molecule has 0 unspecified atom stereocenters. The van der Waals surface area contributed by atoms with E-state index >= 15 is 0 Å². The van der Waals surface area contributed by atoms with Gasteiger partial charge < -0.3 is 15.0 Å². The topological polar surface area (TPSA) is 75.9 Å². The lowest BCUT2D eigenvalue weighted by molar-refractivity contribution is 0.239. The van der Waals surface area contributed by atoms with Gasteiger partial charge >= 0.3 is 0 Å². The Balaban J connectivity index is 1.70. The Kier molecular flexibility index (Phi) is 2.92. The van der Waals surface area contributed by atoms with Gasteiger partial charge in [0.2, 0.25) is 0 Å². The number of rotatable bonds is 4. The first-order valence-electron chi connectivity index (χ1n) is 7.49. The van der Waals surface area contributed by atoms with Crippen LogP contribution in [0.2, 0.25) is 0 Å². The van der Waals surface area contributed by atoms with Crippen molar-refractivity contribution in [2.75, 3.05) is 11.9 Å². The Morgan fingerprint density at radius 1 is 1.33 bits per heavy atom. The third-order valence-electron chi connectivity index (χ3n) is 4.48. The van der Waals surface area contributed by atoms with Gasteiger partial charge in [-0.25, -0.2) is 15.0 Å². The van der Waals surface area contributed by atoms with Gasteiger partial charge in [0.15, 0.2) is 11.5 Å². The number of aliphatic hydroxyl groups excluding tert-OH is 1. The predicted molar refractivity (Wildman–Crippen MR) is 80.0 cm³/mol. The summed E-state index contributed by atoms with van der Waals surface area (Å²) in [7, 11) is 0. The van der Waals surface area contributed by atoms with Crippen molar-refractivity contribution < 1.29 is 5.11 Å². The molecule has 2 aliphatic carbocycles. The Bertz CT molecular complexity index is 703. The third-order valence-corrected chi connectivity index (χ3v) is 4.48. The number of imidazole rings is 1. The molecule has 2 atom stereocenters. The summed E-state index contributed by atoms with van der Waals surface area (Å²) >= 11 is 0. The molecule has 110 valence electrons. The van der Waals surface area contributed by atoms with Gasteiger partial charge in [-0.3, -0.25) is 0 Å². The molecule has 1 saturated carbocycles. The van der Waals surface area contributed by atoms with Crippen LogP contribution >= 0.6 is 0 Å². The maximum atomic E-state index is 9.41. The summed E-state index contributed by atoms with van der Waals surface area (Å²) in [6, 6.07) is 0.761. The summed E-state index contributed by atoms with van der Waals surface area (Å²) in [6.07, 6.45) is 8.96. The molecule has 0 saturated heterocycles. The number of fused-ring (bicyclic) bond motifs is 1. The second kappa shape index (κ2) is 4.80. The standard InChI is InChI=1S/C15H19N5O/c1-9-4-12(5-10(9)6-21)20-8-18-13-14(19-11-2-3-11)16-7-17-15(13)20/h4,7-8,10-12,21H,2-3,5-6H2,1H3,(H,16,17,19)/t10-,12+/m1/s1. The molecule has 0 aromatic carbocycles. The molecule has 2 N–H and O–H groups in total. The van der Waals surface area contributed by atoms with Crippen LogP contribution in [-0.4, -0.2) is 37.3 Å².